The zero-order valence-electron chi connectivity index (χ0n) is 10.7. The SMILES string of the molecule is CC(C)c1cc(C(=O)NCC2(O)CCSC2)n[nH]1. The fourth-order valence-corrected chi connectivity index (χ4v) is 3.11. The van der Waals surface area contributed by atoms with Gasteiger partial charge in [-0.25, -0.2) is 0 Å². The number of hydrogen-bond acceptors (Lipinski definition) is 4. The van der Waals surface area contributed by atoms with Gasteiger partial charge in [-0.1, -0.05) is 13.8 Å². The van der Waals surface area contributed by atoms with Crippen LogP contribution in [-0.4, -0.2) is 44.9 Å². The molecule has 0 saturated carbocycles. The van der Waals surface area contributed by atoms with Gasteiger partial charge in [0.1, 0.15) is 5.69 Å². The number of carbonyl (C=O) groups excluding carboxylic acids is 1. The quantitative estimate of drug-likeness (QED) is 0.765. The van der Waals surface area contributed by atoms with E-state index in [9.17, 15) is 9.90 Å². The Morgan fingerprint density at radius 2 is 2.50 bits per heavy atom. The Labute approximate surface area is 111 Å². The number of amides is 1. The van der Waals surface area contributed by atoms with Gasteiger partial charge in [-0.3, -0.25) is 9.89 Å². The minimum absolute atomic E-state index is 0.233. The molecule has 100 valence electrons. The van der Waals surface area contributed by atoms with Crippen LogP contribution in [0.5, 0.6) is 0 Å². The highest BCUT2D eigenvalue weighted by molar-refractivity contribution is 7.99. The third-order valence-corrected chi connectivity index (χ3v) is 4.35. The number of nitrogens with zero attached hydrogens (tertiary/aromatic N) is 1. The van der Waals surface area contributed by atoms with Crippen molar-refractivity contribution in [3.8, 4) is 0 Å². The first-order chi connectivity index (χ1) is 8.50. The average Bonchev–Trinajstić information content (AvgIpc) is 2.95. The zero-order chi connectivity index (χ0) is 13.2. The molecular weight excluding hydrogens is 250 g/mol. The highest BCUT2D eigenvalue weighted by Gasteiger charge is 2.32. The van der Waals surface area contributed by atoms with Gasteiger partial charge in [0.25, 0.3) is 5.91 Å². The van der Waals surface area contributed by atoms with Crippen molar-refractivity contribution in [2.24, 2.45) is 0 Å². The molecular formula is C12H19N3O2S. The number of nitrogens with one attached hydrogen (secondary N) is 2. The number of hydrogen-bond donors (Lipinski definition) is 3. The number of aliphatic hydroxyl groups is 1. The Morgan fingerprint density at radius 3 is 3.06 bits per heavy atom. The highest BCUT2D eigenvalue weighted by Crippen LogP contribution is 2.27. The molecule has 1 aromatic rings. The van der Waals surface area contributed by atoms with Crippen LogP contribution >= 0.6 is 11.8 Å². The Morgan fingerprint density at radius 1 is 1.72 bits per heavy atom. The second kappa shape index (κ2) is 5.32. The van der Waals surface area contributed by atoms with E-state index in [0.29, 0.717) is 23.9 Å². The molecule has 1 aliphatic rings. The molecule has 18 heavy (non-hydrogen) atoms. The zero-order valence-corrected chi connectivity index (χ0v) is 11.5. The summed E-state index contributed by atoms with van der Waals surface area (Å²) in [6.45, 7) is 4.37. The standard InChI is InChI=1S/C12H19N3O2S/c1-8(2)9-5-10(15-14-9)11(16)13-6-12(17)3-4-18-7-12/h5,8,17H,3-4,6-7H2,1-2H3,(H,13,16)(H,14,15). The molecule has 1 amide bonds. The summed E-state index contributed by atoms with van der Waals surface area (Å²) in [5.41, 5.74) is 0.570. The van der Waals surface area contributed by atoms with Crippen molar-refractivity contribution in [2.45, 2.75) is 31.8 Å². The van der Waals surface area contributed by atoms with Gasteiger partial charge < -0.3 is 10.4 Å². The molecule has 1 aromatic heterocycles. The Hall–Kier alpha value is -1.01. The van der Waals surface area contributed by atoms with Crippen molar-refractivity contribution in [3.05, 3.63) is 17.5 Å². The smallest absolute Gasteiger partial charge is 0.271 e. The molecule has 1 fully saturated rings. The third kappa shape index (κ3) is 3.05. The Balaban J connectivity index is 1.91. The first-order valence-corrected chi connectivity index (χ1v) is 7.29. The topological polar surface area (TPSA) is 78.0 Å². The van der Waals surface area contributed by atoms with E-state index in [1.165, 1.54) is 0 Å². The van der Waals surface area contributed by atoms with Crippen molar-refractivity contribution in [2.75, 3.05) is 18.1 Å². The largest absolute Gasteiger partial charge is 0.387 e. The molecule has 1 atom stereocenters. The predicted molar refractivity (Wildman–Crippen MR) is 71.9 cm³/mol. The van der Waals surface area contributed by atoms with Crippen LogP contribution in [0.15, 0.2) is 6.07 Å². The third-order valence-electron chi connectivity index (χ3n) is 3.11. The summed E-state index contributed by atoms with van der Waals surface area (Å²) in [7, 11) is 0. The van der Waals surface area contributed by atoms with Crippen LogP contribution in [0, 0.1) is 0 Å². The van der Waals surface area contributed by atoms with E-state index in [-0.39, 0.29) is 5.91 Å². The van der Waals surface area contributed by atoms with Crippen LogP contribution in [0.2, 0.25) is 0 Å². The van der Waals surface area contributed by atoms with Crippen molar-refractivity contribution in [3.63, 3.8) is 0 Å². The van der Waals surface area contributed by atoms with E-state index in [1.54, 1.807) is 17.8 Å². The van der Waals surface area contributed by atoms with Crippen LogP contribution in [0.1, 0.15) is 42.4 Å². The van der Waals surface area contributed by atoms with E-state index >= 15 is 0 Å². The van der Waals surface area contributed by atoms with Crippen LogP contribution in [0.25, 0.3) is 0 Å². The second-order valence-corrected chi connectivity index (χ2v) is 6.18. The lowest BCUT2D eigenvalue weighted by Crippen LogP contribution is -2.43. The van der Waals surface area contributed by atoms with Crippen LogP contribution < -0.4 is 5.32 Å². The summed E-state index contributed by atoms with van der Waals surface area (Å²) in [4.78, 5) is 11.9. The normalized spacial score (nSPS) is 23.6. The molecule has 2 heterocycles. The van der Waals surface area contributed by atoms with Gasteiger partial charge in [0.05, 0.1) is 5.60 Å². The van der Waals surface area contributed by atoms with Gasteiger partial charge in [-0.05, 0) is 24.2 Å². The fourth-order valence-electron chi connectivity index (χ4n) is 1.82. The van der Waals surface area contributed by atoms with E-state index in [1.807, 2.05) is 13.8 Å². The van der Waals surface area contributed by atoms with E-state index in [4.69, 9.17) is 0 Å². The van der Waals surface area contributed by atoms with E-state index < -0.39 is 5.60 Å². The summed E-state index contributed by atoms with van der Waals surface area (Å²) >= 11 is 1.71. The molecule has 6 heteroatoms. The monoisotopic (exact) mass is 269 g/mol. The molecule has 1 aliphatic heterocycles. The first kappa shape index (κ1) is 13.4. The fraction of sp³-hybridized carbons (Fsp3) is 0.667. The van der Waals surface area contributed by atoms with Crippen LogP contribution in [0.3, 0.4) is 0 Å². The predicted octanol–water partition coefficient (Wildman–Crippen LogP) is 1.13. The minimum Gasteiger partial charge on any atom is -0.387 e. The molecule has 1 saturated heterocycles. The molecule has 0 bridgehead atoms. The molecule has 0 radical (unpaired) electrons. The number of H-pyrrole nitrogens is 1. The average molecular weight is 269 g/mol. The summed E-state index contributed by atoms with van der Waals surface area (Å²) < 4.78 is 0. The number of thioether (sulfide) groups is 1. The van der Waals surface area contributed by atoms with Crippen molar-refractivity contribution in [1.29, 1.82) is 0 Å². The minimum atomic E-state index is -0.752. The summed E-state index contributed by atoms with van der Waals surface area (Å²) in [6, 6.07) is 1.76. The molecule has 0 spiro atoms. The molecule has 1 unspecified atom stereocenters. The van der Waals surface area contributed by atoms with Gasteiger partial charge >= 0.3 is 0 Å². The van der Waals surface area contributed by atoms with Gasteiger partial charge in [-0.15, -0.1) is 0 Å². The molecule has 0 aromatic carbocycles. The summed E-state index contributed by atoms with van der Waals surface area (Å²) in [6.07, 6.45) is 0.732. The molecule has 2 rings (SSSR count). The molecule has 5 nitrogen and oxygen atoms in total. The lowest BCUT2D eigenvalue weighted by molar-refractivity contribution is 0.0611. The summed E-state index contributed by atoms with van der Waals surface area (Å²) in [5.74, 6) is 1.72. The number of carbonyl (C=O) groups is 1. The Kier molecular flexibility index (Phi) is 3.97. The van der Waals surface area contributed by atoms with Crippen LogP contribution in [0.4, 0.5) is 0 Å². The highest BCUT2D eigenvalue weighted by atomic mass is 32.2. The maximum Gasteiger partial charge on any atom is 0.271 e. The number of rotatable bonds is 4. The van der Waals surface area contributed by atoms with Gasteiger partial charge in [0.2, 0.25) is 0 Å². The Bertz CT molecular complexity index is 425. The number of aromatic amines is 1. The van der Waals surface area contributed by atoms with Gasteiger partial charge in [0, 0.05) is 18.0 Å². The lowest BCUT2D eigenvalue weighted by Gasteiger charge is -2.21. The van der Waals surface area contributed by atoms with E-state index in [2.05, 4.69) is 15.5 Å². The first-order valence-electron chi connectivity index (χ1n) is 6.14. The lowest BCUT2D eigenvalue weighted by atomic mass is 10.0. The molecule has 3 N–H and O–H groups in total. The van der Waals surface area contributed by atoms with Crippen molar-refractivity contribution in [1.82, 2.24) is 15.5 Å². The van der Waals surface area contributed by atoms with Gasteiger partial charge in [0.15, 0.2) is 0 Å². The van der Waals surface area contributed by atoms with Crippen molar-refractivity contribution >= 4 is 17.7 Å². The number of aromatic nitrogens is 2. The van der Waals surface area contributed by atoms with Crippen LogP contribution in [-0.2, 0) is 0 Å². The van der Waals surface area contributed by atoms with Crippen molar-refractivity contribution < 1.29 is 9.90 Å². The maximum absolute atomic E-state index is 11.9. The van der Waals surface area contributed by atoms with E-state index in [0.717, 1.165) is 17.9 Å². The maximum atomic E-state index is 11.9. The van der Waals surface area contributed by atoms with Gasteiger partial charge in [-0.2, -0.15) is 16.9 Å². The summed E-state index contributed by atoms with van der Waals surface area (Å²) in [5, 5.41) is 19.7. The molecule has 0 aliphatic carbocycles. The second-order valence-electron chi connectivity index (χ2n) is 5.07.